The quantitative estimate of drug-likeness (QED) is 0.517. The zero-order valence-electron chi connectivity index (χ0n) is 19.8. The van der Waals surface area contributed by atoms with Crippen molar-refractivity contribution in [1.82, 2.24) is 10.6 Å². The van der Waals surface area contributed by atoms with Crippen molar-refractivity contribution < 1.29 is 24.2 Å². The molecule has 3 aliphatic rings. The van der Waals surface area contributed by atoms with E-state index in [4.69, 9.17) is 4.74 Å². The Balaban J connectivity index is 1.15. The van der Waals surface area contributed by atoms with Crippen LogP contribution in [0.1, 0.15) is 68.4 Å². The Bertz CT molecular complexity index is 1080. The van der Waals surface area contributed by atoms with Crippen molar-refractivity contribution in [3.63, 3.8) is 0 Å². The molecule has 0 saturated heterocycles. The summed E-state index contributed by atoms with van der Waals surface area (Å²) >= 11 is 0. The minimum atomic E-state index is -0.888. The van der Waals surface area contributed by atoms with Gasteiger partial charge >= 0.3 is 12.1 Å². The Kier molecular flexibility index (Phi) is 6.50. The van der Waals surface area contributed by atoms with Crippen molar-refractivity contribution in [3.05, 3.63) is 59.7 Å². The van der Waals surface area contributed by atoms with E-state index in [-0.39, 0.29) is 43.2 Å². The highest BCUT2D eigenvalue weighted by Gasteiger charge is 2.41. The lowest BCUT2D eigenvalue weighted by Gasteiger charge is -2.41. The third-order valence-corrected chi connectivity index (χ3v) is 7.96. The Morgan fingerprint density at radius 2 is 1.60 bits per heavy atom. The molecule has 35 heavy (non-hydrogen) atoms. The average Bonchev–Trinajstić information content (AvgIpc) is 3.37. The summed E-state index contributed by atoms with van der Waals surface area (Å²) in [6.07, 6.45) is 4.74. The van der Waals surface area contributed by atoms with Crippen LogP contribution in [0.4, 0.5) is 4.79 Å². The number of rotatable bonds is 8. The van der Waals surface area contributed by atoms with Gasteiger partial charge in [0.25, 0.3) is 0 Å². The summed E-state index contributed by atoms with van der Waals surface area (Å²) in [5, 5.41) is 15.2. The first-order chi connectivity index (χ1) is 16.9. The summed E-state index contributed by atoms with van der Waals surface area (Å²) in [6, 6.07) is 16.3. The topological polar surface area (TPSA) is 105 Å². The van der Waals surface area contributed by atoms with Crippen LogP contribution in [0.25, 0.3) is 11.1 Å². The minimum absolute atomic E-state index is 0.00574. The second kappa shape index (κ2) is 9.72. The van der Waals surface area contributed by atoms with Gasteiger partial charge in [0.2, 0.25) is 5.91 Å². The molecule has 7 heteroatoms. The van der Waals surface area contributed by atoms with Crippen molar-refractivity contribution in [2.24, 2.45) is 5.92 Å². The molecule has 0 aromatic heterocycles. The molecule has 2 atom stereocenters. The number of carboxylic acids is 1. The average molecular weight is 477 g/mol. The van der Waals surface area contributed by atoms with Gasteiger partial charge in [0, 0.05) is 18.4 Å². The molecule has 2 saturated carbocycles. The molecule has 3 aliphatic carbocycles. The predicted octanol–water partition coefficient (Wildman–Crippen LogP) is 4.60. The number of alkyl carbamates (subject to hydrolysis) is 1. The van der Waals surface area contributed by atoms with E-state index < -0.39 is 17.6 Å². The lowest BCUT2D eigenvalue weighted by molar-refractivity contribution is -0.140. The maximum absolute atomic E-state index is 12.7. The zero-order valence-corrected chi connectivity index (χ0v) is 19.8. The van der Waals surface area contributed by atoms with Gasteiger partial charge in [0.1, 0.15) is 6.61 Å². The van der Waals surface area contributed by atoms with Gasteiger partial charge in [0.05, 0.1) is 12.0 Å². The Morgan fingerprint density at radius 3 is 2.20 bits per heavy atom. The smallest absolute Gasteiger partial charge is 0.407 e. The SMILES string of the molecule is O=C(O)CC1(NC(=O)C[C@@H]2CCC[C@H]2NC(=O)OCC2c3ccccc3-c3ccccc32)CCC1. The van der Waals surface area contributed by atoms with Crippen molar-refractivity contribution in [3.8, 4) is 11.1 Å². The number of amides is 2. The number of carbonyl (C=O) groups is 3. The van der Waals surface area contributed by atoms with Gasteiger partial charge in [-0.05, 0) is 60.3 Å². The van der Waals surface area contributed by atoms with Crippen LogP contribution in [0.15, 0.2) is 48.5 Å². The van der Waals surface area contributed by atoms with Crippen molar-refractivity contribution in [1.29, 1.82) is 0 Å². The van der Waals surface area contributed by atoms with Crippen LogP contribution in [0.2, 0.25) is 0 Å². The second-order valence-corrected chi connectivity index (χ2v) is 10.2. The van der Waals surface area contributed by atoms with E-state index >= 15 is 0 Å². The molecule has 0 bridgehead atoms. The first kappa shape index (κ1) is 23.4. The maximum atomic E-state index is 12.7. The summed E-state index contributed by atoms with van der Waals surface area (Å²) in [5.74, 6) is -0.985. The number of fused-ring (bicyclic) bond motifs is 3. The van der Waals surface area contributed by atoms with Crippen LogP contribution in [-0.2, 0) is 14.3 Å². The summed E-state index contributed by atoms with van der Waals surface area (Å²) in [5.41, 5.74) is 4.11. The number of hydrogen-bond donors (Lipinski definition) is 3. The lowest BCUT2D eigenvalue weighted by atomic mass is 9.74. The fourth-order valence-corrected chi connectivity index (χ4v) is 6.09. The number of benzene rings is 2. The number of carboxylic acid groups (broad SMARTS) is 1. The molecule has 184 valence electrons. The maximum Gasteiger partial charge on any atom is 0.407 e. The van der Waals surface area contributed by atoms with Crippen LogP contribution in [0.3, 0.4) is 0 Å². The van der Waals surface area contributed by atoms with E-state index in [1.807, 2.05) is 24.3 Å². The van der Waals surface area contributed by atoms with E-state index in [0.717, 1.165) is 25.7 Å². The Labute approximate surface area is 205 Å². The standard InChI is InChI=1S/C28H32N2O5/c31-25(30-28(13-6-14-28)16-26(32)33)15-18-7-5-12-24(18)29-27(34)35-17-23-21-10-3-1-8-19(21)20-9-2-4-11-22(20)23/h1-4,8-11,18,23-24H,5-7,12-17H2,(H,29,34)(H,30,31)(H,32,33)/t18-,24+/m0/s1. The molecule has 0 aliphatic heterocycles. The van der Waals surface area contributed by atoms with Crippen molar-refractivity contribution in [2.45, 2.75) is 68.9 Å². The molecule has 3 N–H and O–H groups in total. The number of carbonyl (C=O) groups excluding carboxylic acids is 2. The molecule has 0 unspecified atom stereocenters. The predicted molar refractivity (Wildman–Crippen MR) is 131 cm³/mol. The van der Waals surface area contributed by atoms with Crippen LogP contribution in [0.5, 0.6) is 0 Å². The molecule has 7 nitrogen and oxygen atoms in total. The largest absolute Gasteiger partial charge is 0.481 e. The molecular weight excluding hydrogens is 444 g/mol. The molecule has 0 radical (unpaired) electrons. The number of hydrogen-bond acceptors (Lipinski definition) is 4. The van der Waals surface area contributed by atoms with Crippen molar-refractivity contribution >= 4 is 18.0 Å². The van der Waals surface area contributed by atoms with Gasteiger partial charge in [-0.15, -0.1) is 0 Å². The first-order valence-electron chi connectivity index (χ1n) is 12.6. The first-order valence-corrected chi connectivity index (χ1v) is 12.6. The number of aliphatic carboxylic acids is 1. The van der Waals surface area contributed by atoms with E-state index in [0.29, 0.717) is 12.8 Å². The second-order valence-electron chi connectivity index (χ2n) is 10.2. The van der Waals surface area contributed by atoms with Gasteiger partial charge in [-0.25, -0.2) is 4.79 Å². The Hall–Kier alpha value is -3.35. The van der Waals surface area contributed by atoms with E-state index in [9.17, 15) is 19.5 Å². The summed E-state index contributed by atoms with van der Waals surface area (Å²) in [7, 11) is 0. The number of nitrogens with one attached hydrogen (secondary N) is 2. The van der Waals surface area contributed by atoms with E-state index in [1.165, 1.54) is 22.3 Å². The van der Waals surface area contributed by atoms with Crippen molar-refractivity contribution in [2.75, 3.05) is 6.61 Å². The molecule has 2 aromatic rings. The lowest BCUT2D eigenvalue weighted by Crippen LogP contribution is -2.55. The molecular formula is C28H32N2O5. The monoisotopic (exact) mass is 476 g/mol. The van der Waals surface area contributed by atoms with Gasteiger partial charge in [-0.2, -0.15) is 0 Å². The highest BCUT2D eigenvalue weighted by molar-refractivity contribution is 5.80. The fraction of sp³-hybridized carbons (Fsp3) is 0.464. The van der Waals surface area contributed by atoms with Crippen LogP contribution >= 0.6 is 0 Å². The Morgan fingerprint density at radius 1 is 0.943 bits per heavy atom. The minimum Gasteiger partial charge on any atom is -0.481 e. The molecule has 2 aromatic carbocycles. The van der Waals surface area contributed by atoms with Gasteiger partial charge < -0.3 is 20.5 Å². The molecule has 2 amide bonds. The fourth-order valence-electron chi connectivity index (χ4n) is 6.09. The van der Waals surface area contributed by atoms with Crippen LogP contribution in [0, 0.1) is 5.92 Å². The third-order valence-electron chi connectivity index (χ3n) is 7.96. The third kappa shape index (κ3) is 4.90. The molecule has 2 fully saturated rings. The van der Waals surface area contributed by atoms with Crippen LogP contribution < -0.4 is 10.6 Å². The highest BCUT2D eigenvalue weighted by atomic mass is 16.5. The van der Waals surface area contributed by atoms with E-state index in [1.54, 1.807) is 0 Å². The summed E-state index contributed by atoms with van der Waals surface area (Å²) < 4.78 is 5.69. The molecule has 0 heterocycles. The number of ether oxygens (including phenoxy) is 1. The summed E-state index contributed by atoms with van der Waals surface area (Å²) in [4.78, 5) is 36.6. The van der Waals surface area contributed by atoms with Crippen LogP contribution in [-0.4, -0.2) is 41.3 Å². The highest BCUT2D eigenvalue weighted by Crippen LogP contribution is 2.44. The zero-order chi connectivity index (χ0) is 24.4. The van der Waals surface area contributed by atoms with Gasteiger partial charge in [0.15, 0.2) is 0 Å². The van der Waals surface area contributed by atoms with E-state index in [2.05, 4.69) is 34.9 Å². The summed E-state index contributed by atoms with van der Waals surface area (Å²) in [6.45, 7) is 0.259. The van der Waals surface area contributed by atoms with Gasteiger partial charge in [-0.3, -0.25) is 9.59 Å². The molecule has 0 spiro atoms. The molecule has 5 rings (SSSR count). The normalized spacial score (nSPS) is 21.9. The van der Waals surface area contributed by atoms with Gasteiger partial charge in [-0.1, -0.05) is 55.0 Å².